The molecule has 2 aromatic carbocycles. The van der Waals surface area contributed by atoms with E-state index in [2.05, 4.69) is 38.3 Å². The Morgan fingerprint density at radius 2 is 1.88 bits per heavy atom. The van der Waals surface area contributed by atoms with Crippen molar-refractivity contribution < 1.29 is 23.0 Å². The van der Waals surface area contributed by atoms with E-state index in [4.69, 9.17) is 15.2 Å². The average molecular weight is 585 g/mol. The number of nitrogens with one attached hydrogen (secondary N) is 1. The minimum absolute atomic E-state index is 0.0171. The first-order chi connectivity index (χ1) is 20.9. The third-order valence-electron chi connectivity index (χ3n) is 7.82. The zero-order valence-corrected chi connectivity index (χ0v) is 23.3. The molecule has 0 atom stereocenters. The van der Waals surface area contributed by atoms with E-state index in [-0.39, 0.29) is 29.1 Å². The van der Waals surface area contributed by atoms with Crippen molar-refractivity contribution in [3.8, 4) is 40.2 Å². The van der Waals surface area contributed by atoms with E-state index in [1.54, 1.807) is 36.4 Å². The standard InChI is InChI=1S/C32H30F2N6O3/c1-2-27(41)39-14-12-22(13-15-39)40-17-20(18-40)8-10-24-28(29-30(35)36-19-37-31(29)38-24)21-9-11-25(26(16-21)43-32(33)34)42-23-6-4-3-5-7-23/h2-7,9,11,16,19-20,22,32H,1,12-15,17-18H2,(H3,35,36,37,38). The Labute approximate surface area is 247 Å². The predicted molar refractivity (Wildman–Crippen MR) is 159 cm³/mol. The first kappa shape index (κ1) is 28.2. The highest BCUT2D eigenvalue weighted by molar-refractivity contribution is 6.03. The Morgan fingerprint density at radius 1 is 1.12 bits per heavy atom. The Hall–Kier alpha value is -4.95. The monoisotopic (exact) mass is 584 g/mol. The van der Waals surface area contributed by atoms with E-state index in [1.807, 2.05) is 11.0 Å². The topological polar surface area (TPSA) is 110 Å². The summed E-state index contributed by atoms with van der Waals surface area (Å²) in [6, 6.07) is 14.1. The lowest BCUT2D eigenvalue weighted by Gasteiger charge is -2.45. The van der Waals surface area contributed by atoms with Crippen LogP contribution in [-0.4, -0.2) is 69.5 Å². The number of amides is 1. The molecular weight excluding hydrogens is 554 g/mol. The lowest BCUT2D eigenvalue weighted by atomic mass is 9.93. The summed E-state index contributed by atoms with van der Waals surface area (Å²) < 4.78 is 37.6. The molecule has 0 aliphatic carbocycles. The zero-order chi connectivity index (χ0) is 29.9. The molecule has 2 aliphatic heterocycles. The number of fused-ring (bicyclic) bond motifs is 1. The average Bonchev–Trinajstić information content (AvgIpc) is 3.37. The van der Waals surface area contributed by atoms with E-state index in [0.717, 1.165) is 39.0 Å². The van der Waals surface area contributed by atoms with Crippen LogP contribution in [0.5, 0.6) is 17.2 Å². The maximum absolute atomic E-state index is 13.4. The zero-order valence-electron chi connectivity index (χ0n) is 23.3. The van der Waals surface area contributed by atoms with Gasteiger partial charge in [-0.15, -0.1) is 0 Å². The summed E-state index contributed by atoms with van der Waals surface area (Å²) in [6.07, 6.45) is 4.58. The first-order valence-electron chi connectivity index (χ1n) is 14.0. The second-order valence-corrected chi connectivity index (χ2v) is 10.5. The third-order valence-corrected chi connectivity index (χ3v) is 7.82. The van der Waals surface area contributed by atoms with Crippen LogP contribution in [-0.2, 0) is 4.79 Å². The van der Waals surface area contributed by atoms with Gasteiger partial charge in [0.15, 0.2) is 11.5 Å². The van der Waals surface area contributed by atoms with Crippen molar-refractivity contribution in [3.63, 3.8) is 0 Å². The van der Waals surface area contributed by atoms with Crippen LogP contribution in [0.3, 0.4) is 0 Å². The number of halogens is 2. The van der Waals surface area contributed by atoms with Gasteiger partial charge in [0.1, 0.15) is 23.5 Å². The molecule has 11 heteroatoms. The normalized spacial score (nSPS) is 16.0. The summed E-state index contributed by atoms with van der Waals surface area (Å²) in [6.45, 7) is 3.66. The number of piperidine rings is 1. The summed E-state index contributed by atoms with van der Waals surface area (Å²) in [5.74, 6) is 7.49. The van der Waals surface area contributed by atoms with E-state index in [9.17, 15) is 13.6 Å². The van der Waals surface area contributed by atoms with Gasteiger partial charge in [-0.2, -0.15) is 8.78 Å². The predicted octanol–water partition coefficient (Wildman–Crippen LogP) is 5.06. The van der Waals surface area contributed by atoms with Gasteiger partial charge in [0.2, 0.25) is 5.91 Å². The van der Waals surface area contributed by atoms with Gasteiger partial charge in [-0.25, -0.2) is 9.97 Å². The number of aromatic amines is 1. The van der Waals surface area contributed by atoms with Gasteiger partial charge in [-0.1, -0.05) is 36.8 Å². The molecule has 0 unspecified atom stereocenters. The number of aromatic nitrogens is 3. The Bertz CT molecular complexity index is 1700. The van der Waals surface area contributed by atoms with E-state index < -0.39 is 6.61 Å². The number of hydrogen-bond donors (Lipinski definition) is 2. The second-order valence-electron chi connectivity index (χ2n) is 10.5. The number of para-hydroxylation sites is 1. The minimum Gasteiger partial charge on any atom is -0.453 e. The summed E-state index contributed by atoms with van der Waals surface area (Å²) >= 11 is 0. The molecule has 43 heavy (non-hydrogen) atoms. The van der Waals surface area contributed by atoms with Crippen molar-refractivity contribution in [3.05, 3.63) is 73.2 Å². The molecule has 0 saturated carbocycles. The molecule has 0 spiro atoms. The molecule has 9 nitrogen and oxygen atoms in total. The number of benzene rings is 2. The molecular formula is C32H30F2N6O3. The molecule has 220 valence electrons. The van der Waals surface area contributed by atoms with Crippen LogP contribution >= 0.6 is 0 Å². The third kappa shape index (κ3) is 6.01. The SMILES string of the molecule is C=CC(=O)N1CCC(N2CC(C#Cc3[nH]c4ncnc(N)c4c3-c3ccc(Oc4ccccc4)c(OC(F)F)c3)C2)CC1. The summed E-state index contributed by atoms with van der Waals surface area (Å²) in [4.78, 5) is 27.8. The maximum atomic E-state index is 13.4. The van der Waals surface area contributed by atoms with Gasteiger partial charge >= 0.3 is 6.61 Å². The number of nitrogens with zero attached hydrogens (tertiary/aromatic N) is 4. The van der Waals surface area contributed by atoms with E-state index in [1.165, 1.54) is 18.5 Å². The largest absolute Gasteiger partial charge is 0.453 e. The van der Waals surface area contributed by atoms with Crippen LogP contribution in [0.4, 0.5) is 14.6 Å². The summed E-state index contributed by atoms with van der Waals surface area (Å²) in [5.41, 5.74) is 8.44. The number of nitrogen functional groups attached to an aromatic ring is 1. The molecule has 2 aliphatic rings. The van der Waals surface area contributed by atoms with Gasteiger partial charge in [0.05, 0.1) is 11.1 Å². The number of anilines is 1. The second kappa shape index (κ2) is 12.1. The van der Waals surface area contributed by atoms with Crippen LogP contribution in [0.2, 0.25) is 0 Å². The molecule has 1 amide bonds. The number of carbonyl (C=O) groups excluding carboxylic acids is 1. The number of carbonyl (C=O) groups is 1. The minimum atomic E-state index is -3.06. The number of nitrogens with two attached hydrogens (primary N) is 1. The van der Waals surface area contributed by atoms with E-state index >= 15 is 0 Å². The molecule has 2 aromatic heterocycles. The number of hydrogen-bond acceptors (Lipinski definition) is 7. The Kier molecular flexibility index (Phi) is 7.94. The summed E-state index contributed by atoms with van der Waals surface area (Å²) in [5, 5.41) is 0.544. The van der Waals surface area contributed by atoms with Crippen molar-refractivity contribution in [2.24, 2.45) is 5.92 Å². The molecule has 4 heterocycles. The highest BCUT2D eigenvalue weighted by Gasteiger charge is 2.34. The molecule has 3 N–H and O–H groups in total. The first-order valence-corrected chi connectivity index (χ1v) is 14.0. The highest BCUT2D eigenvalue weighted by atomic mass is 19.3. The van der Waals surface area contributed by atoms with Crippen molar-refractivity contribution in [1.82, 2.24) is 24.8 Å². The molecule has 2 saturated heterocycles. The lowest BCUT2D eigenvalue weighted by molar-refractivity contribution is -0.127. The fourth-order valence-corrected chi connectivity index (χ4v) is 5.64. The highest BCUT2D eigenvalue weighted by Crippen LogP contribution is 2.40. The number of likely N-dealkylation sites (tertiary alicyclic amines) is 2. The van der Waals surface area contributed by atoms with Crippen LogP contribution in [0.25, 0.3) is 22.2 Å². The van der Waals surface area contributed by atoms with Gasteiger partial charge in [-0.05, 0) is 54.7 Å². The molecule has 2 fully saturated rings. The smallest absolute Gasteiger partial charge is 0.387 e. The molecule has 0 bridgehead atoms. The number of rotatable bonds is 7. The van der Waals surface area contributed by atoms with Crippen LogP contribution < -0.4 is 15.2 Å². The molecule has 4 aromatic rings. The van der Waals surface area contributed by atoms with Gasteiger partial charge in [0, 0.05) is 43.7 Å². The maximum Gasteiger partial charge on any atom is 0.387 e. The Balaban J connectivity index is 1.26. The van der Waals surface area contributed by atoms with Gasteiger partial charge < -0.3 is 25.1 Å². The quantitative estimate of drug-likeness (QED) is 0.231. The summed E-state index contributed by atoms with van der Waals surface area (Å²) in [7, 11) is 0. The Morgan fingerprint density at radius 3 is 2.60 bits per heavy atom. The fraction of sp³-hybridized carbons (Fsp3) is 0.281. The number of ether oxygens (including phenoxy) is 2. The molecule has 6 rings (SSSR count). The van der Waals surface area contributed by atoms with Gasteiger partial charge in [-0.3, -0.25) is 9.69 Å². The number of alkyl halides is 2. The van der Waals surface area contributed by atoms with Crippen molar-refractivity contribution in [2.75, 3.05) is 31.9 Å². The lowest BCUT2D eigenvalue weighted by Crippen LogP contribution is -2.55. The van der Waals surface area contributed by atoms with Crippen molar-refractivity contribution in [1.29, 1.82) is 0 Å². The molecule has 0 radical (unpaired) electrons. The van der Waals surface area contributed by atoms with E-state index in [0.29, 0.717) is 39.6 Å². The number of H-pyrrole nitrogens is 1. The fourth-order valence-electron chi connectivity index (χ4n) is 5.64. The van der Waals surface area contributed by atoms with Crippen LogP contribution in [0, 0.1) is 17.8 Å². The van der Waals surface area contributed by atoms with Crippen molar-refractivity contribution >= 4 is 22.8 Å². The van der Waals surface area contributed by atoms with Gasteiger partial charge in [0.25, 0.3) is 0 Å². The van der Waals surface area contributed by atoms with Crippen molar-refractivity contribution in [2.45, 2.75) is 25.5 Å². The van der Waals surface area contributed by atoms with Crippen LogP contribution in [0.1, 0.15) is 18.5 Å². The van der Waals surface area contributed by atoms with Crippen LogP contribution in [0.15, 0.2) is 67.5 Å².